The molecule has 56 heavy (non-hydrogen) atoms. The normalized spacial score (nSPS) is 11.2. The Morgan fingerprint density at radius 2 is 0.536 bits per heavy atom. The SMILES string of the molecule is c1ccc(N(c2ccc(-c3ccc(N(c4ccccc4)c4ccc(-c5occ6ccccc56)cc4)cc3)cc2)c2ccc(-c3occ4ccccc34)cc2)cc1. The zero-order valence-corrected chi connectivity index (χ0v) is 30.5. The highest BCUT2D eigenvalue weighted by atomic mass is 16.3. The van der Waals surface area contributed by atoms with Gasteiger partial charge in [-0.25, -0.2) is 0 Å². The molecule has 0 aliphatic carbocycles. The molecule has 0 amide bonds. The van der Waals surface area contributed by atoms with Crippen molar-refractivity contribution < 1.29 is 8.83 Å². The number of benzene rings is 8. The van der Waals surface area contributed by atoms with Gasteiger partial charge in [0.1, 0.15) is 11.5 Å². The van der Waals surface area contributed by atoms with Gasteiger partial charge in [-0.15, -0.1) is 0 Å². The van der Waals surface area contributed by atoms with Crippen molar-refractivity contribution in [1.29, 1.82) is 0 Å². The molecular formula is C52H36N2O2. The molecule has 4 heteroatoms. The molecular weight excluding hydrogens is 685 g/mol. The quantitative estimate of drug-likeness (QED) is 0.149. The van der Waals surface area contributed by atoms with Crippen molar-refractivity contribution in [1.82, 2.24) is 0 Å². The minimum absolute atomic E-state index is 0.887. The zero-order chi connectivity index (χ0) is 37.3. The molecule has 0 unspecified atom stereocenters. The lowest BCUT2D eigenvalue weighted by Gasteiger charge is -2.26. The van der Waals surface area contributed by atoms with Crippen molar-refractivity contribution >= 4 is 55.7 Å². The predicted molar refractivity (Wildman–Crippen MR) is 232 cm³/mol. The van der Waals surface area contributed by atoms with Gasteiger partial charge in [0.2, 0.25) is 0 Å². The lowest BCUT2D eigenvalue weighted by molar-refractivity contribution is 0.587. The van der Waals surface area contributed by atoms with Crippen LogP contribution in [0.25, 0.3) is 55.3 Å². The summed E-state index contributed by atoms with van der Waals surface area (Å²) in [5.74, 6) is 1.77. The highest BCUT2D eigenvalue weighted by Crippen LogP contribution is 2.40. The summed E-state index contributed by atoms with van der Waals surface area (Å²) in [6, 6.07) is 72.4. The molecule has 0 radical (unpaired) electrons. The molecule has 0 bridgehead atoms. The Hall–Kier alpha value is -7.56. The van der Waals surface area contributed by atoms with Gasteiger partial charge < -0.3 is 18.6 Å². The fourth-order valence-corrected chi connectivity index (χ4v) is 7.61. The van der Waals surface area contributed by atoms with Gasteiger partial charge in [-0.05, 0) is 108 Å². The van der Waals surface area contributed by atoms with E-state index in [1.165, 1.54) is 0 Å². The lowest BCUT2D eigenvalue weighted by atomic mass is 10.0. The van der Waals surface area contributed by atoms with Gasteiger partial charge in [0.15, 0.2) is 0 Å². The first-order valence-electron chi connectivity index (χ1n) is 18.8. The molecule has 10 rings (SSSR count). The number of fused-ring (bicyclic) bond motifs is 2. The number of hydrogen-bond donors (Lipinski definition) is 0. The molecule has 0 aliphatic rings. The maximum atomic E-state index is 6.00. The van der Waals surface area contributed by atoms with Crippen LogP contribution in [0.1, 0.15) is 0 Å². The number of para-hydroxylation sites is 2. The average Bonchev–Trinajstić information content (AvgIpc) is 3.91. The molecule has 0 N–H and O–H groups in total. The monoisotopic (exact) mass is 720 g/mol. The van der Waals surface area contributed by atoms with E-state index in [9.17, 15) is 0 Å². The van der Waals surface area contributed by atoms with Crippen LogP contribution in [0.4, 0.5) is 34.1 Å². The standard InChI is InChI=1S/C52H36N2O2/c1-3-13-43(14-4-1)53(47-31-23-39(24-32-47)51-49-17-9-7-11-41(49)35-55-51)45-27-19-37(20-28-45)38-21-29-46(30-22-38)54(44-15-5-2-6-16-44)48-33-25-40(26-34-48)52-50-18-10-8-12-42(50)36-56-52/h1-36H. The van der Waals surface area contributed by atoms with Crippen molar-refractivity contribution in [3.05, 3.63) is 219 Å². The number of furan rings is 2. The van der Waals surface area contributed by atoms with Crippen molar-refractivity contribution in [3.8, 4) is 33.8 Å². The first kappa shape index (κ1) is 33.0. The van der Waals surface area contributed by atoms with Crippen LogP contribution in [-0.2, 0) is 0 Å². The third-order valence-electron chi connectivity index (χ3n) is 10.4. The van der Waals surface area contributed by atoms with E-state index < -0.39 is 0 Å². The Bertz CT molecular complexity index is 2670. The molecule has 0 atom stereocenters. The maximum absolute atomic E-state index is 6.00. The van der Waals surface area contributed by atoms with E-state index in [4.69, 9.17) is 8.83 Å². The minimum Gasteiger partial charge on any atom is -0.463 e. The van der Waals surface area contributed by atoms with E-state index in [2.05, 4.69) is 204 Å². The second-order valence-electron chi connectivity index (χ2n) is 13.8. The first-order valence-corrected chi connectivity index (χ1v) is 18.8. The summed E-state index contributed by atoms with van der Waals surface area (Å²) >= 11 is 0. The summed E-state index contributed by atoms with van der Waals surface area (Å²) in [6.07, 6.45) is 3.65. The summed E-state index contributed by atoms with van der Waals surface area (Å²) in [5.41, 5.74) is 10.9. The van der Waals surface area contributed by atoms with Crippen molar-refractivity contribution in [2.45, 2.75) is 0 Å². The third-order valence-corrected chi connectivity index (χ3v) is 10.4. The topological polar surface area (TPSA) is 32.8 Å². The van der Waals surface area contributed by atoms with Crippen molar-refractivity contribution in [2.24, 2.45) is 0 Å². The van der Waals surface area contributed by atoms with E-state index in [0.29, 0.717) is 0 Å². The zero-order valence-electron chi connectivity index (χ0n) is 30.5. The number of rotatable bonds is 9. The van der Waals surface area contributed by atoms with Crippen LogP contribution in [0.15, 0.2) is 228 Å². The lowest BCUT2D eigenvalue weighted by Crippen LogP contribution is -2.10. The van der Waals surface area contributed by atoms with Crippen molar-refractivity contribution in [2.75, 3.05) is 9.80 Å². The van der Waals surface area contributed by atoms with Gasteiger partial charge in [-0.1, -0.05) is 109 Å². The van der Waals surface area contributed by atoms with Crippen LogP contribution in [0.5, 0.6) is 0 Å². The third kappa shape index (κ3) is 6.19. The Morgan fingerprint density at radius 1 is 0.250 bits per heavy atom. The molecule has 266 valence electrons. The maximum Gasteiger partial charge on any atom is 0.141 e. The Kier molecular flexibility index (Phi) is 8.47. The Balaban J connectivity index is 0.934. The van der Waals surface area contributed by atoms with Crippen molar-refractivity contribution in [3.63, 3.8) is 0 Å². The summed E-state index contributed by atoms with van der Waals surface area (Å²) in [4.78, 5) is 4.57. The van der Waals surface area contributed by atoms with E-state index >= 15 is 0 Å². The van der Waals surface area contributed by atoms with Gasteiger partial charge in [0, 0.05) is 66.8 Å². The average molecular weight is 721 g/mol. The smallest absolute Gasteiger partial charge is 0.141 e. The summed E-state index contributed by atoms with van der Waals surface area (Å²) in [6.45, 7) is 0. The molecule has 0 aliphatic heterocycles. The summed E-state index contributed by atoms with van der Waals surface area (Å²) < 4.78 is 12.0. The van der Waals surface area contributed by atoms with Crippen LogP contribution >= 0.6 is 0 Å². The van der Waals surface area contributed by atoms with Gasteiger partial charge >= 0.3 is 0 Å². The molecule has 0 saturated carbocycles. The number of hydrogen-bond acceptors (Lipinski definition) is 4. The molecule has 2 aromatic heterocycles. The van der Waals surface area contributed by atoms with E-state index in [1.54, 1.807) is 0 Å². The second-order valence-corrected chi connectivity index (χ2v) is 13.8. The van der Waals surface area contributed by atoms with Crippen LogP contribution in [0, 0.1) is 0 Å². The van der Waals surface area contributed by atoms with E-state index in [0.717, 1.165) is 89.4 Å². The number of nitrogens with zero attached hydrogens (tertiary/aromatic N) is 2. The molecule has 0 spiro atoms. The van der Waals surface area contributed by atoms with Crippen LogP contribution in [0.3, 0.4) is 0 Å². The summed E-state index contributed by atoms with van der Waals surface area (Å²) in [7, 11) is 0. The number of anilines is 6. The van der Waals surface area contributed by atoms with Gasteiger partial charge in [0.25, 0.3) is 0 Å². The minimum atomic E-state index is 0.887. The van der Waals surface area contributed by atoms with Crippen LogP contribution in [0.2, 0.25) is 0 Å². The predicted octanol–water partition coefficient (Wildman–Crippen LogP) is 15.1. The highest BCUT2D eigenvalue weighted by Gasteiger charge is 2.17. The fraction of sp³-hybridized carbons (Fsp3) is 0. The molecule has 0 saturated heterocycles. The van der Waals surface area contributed by atoms with Gasteiger partial charge in [0.05, 0.1) is 12.5 Å². The van der Waals surface area contributed by atoms with Crippen LogP contribution in [-0.4, -0.2) is 0 Å². The fourth-order valence-electron chi connectivity index (χ4n) is 7.61. The van der Waals surface area contributed by atoms with E-state index in [-0.39, 0.29) is 0 Å². The first-order chi connectivity index (χ1) is 27.8. The molecule has 0 fully saturated rings. The molecule has 2 heterocycles. The second kappa shape index (κ2) is 14.3. The largest absolute Gasteiger partial charge is 0.463 e. The Labute approximate surface area is 325 Å². The molecule has 4 nitrogen and oxygen atoms in total. The molecule has 8 aromatic carbocycles. The highest BCUT2D eigenvalue weighted by molar-refractivity contribution is 5.95. The summed E-state index contributed by atoms with van der Waals surface area (Å²) in [5, 5.41) is 4.44. The van der Waals surface area contributed by atoms with Gasteiger partial charge in [-0.2, -0.15) is 0 Å². The van der Waals surface area contributed by atoms with Gasteiger partial charge in [-0.3, -0.25) is 0 Å². The molecule has 10 aromatic rings. The van der Waals surface area contributed by atoms with E-state index in [1.807, 2.05) is 24.7 Å². The van der Waals surface area contributed by atoms with Crippen LogP contribution < -0.4 is 9.80 Å². The Morgan fingerprint density at radius 3 is 0.893 bits per heavy atom.